The van der Waals surface area contributed by atoms with E-state index in [-0.39, 0.29) is 18.6 Å². The van der Waals surface area contributed by atoms with E-state index in [0.717, 1.165) is 30.3 Å². The van der Waals surface area contributed by atoms with Gasteiger partial charge in [0.1, 0.15) is 17.8 Å². The fourth-order valence-corrected chi connectivity index (χ4v) is 4.48. The van der Waals surface area contributed by atoms with Crippen molar-refractivity contribution in [3.8, 4) is 0 Å². The smallest absolute Gasteiger partial charge is 0.333 e. The predicted octanol–water partition coefficient (Wildman–Crippen LogP) is 1.84. The molecule has 0 amide bonds. The molecule has 4 N–H and O–H groups in total. The minimum absolute atomic E-state index is 0.143. The van der Waals surface area contributed by atoms with Crippen molar-refractivity contribution in [1.82, 2.24) is 14.5 Å². The zero-order chi connectivity index (χ0) is 17.6. The highest BCUT2D eigenvalue weighted by atomic mass is 32.2. The summed E-state index contributed by atoms with van der Waals surface area (Å²) in [5, 5.41) is 5.85. The molecular formula is C16H23N5O3S. The average Bonchev–Trinajstić information content (AvgIpc) is 3.07. The molecule has 0 spiro atoms. The number of nitrogens with two attached hydrogens (primary N) is 2. The van der Waals surface area contributed by atoms with Crippen molar-refractivity contribution in [2.75, 3.05) is 12.3 Å². The first-order valence-corrected chi connectivity index (χ1v) is 10.2. The number of anilines is 1. The molecule has 2 heterocycles. The van der Waals surface area contributed by atoms with Gasteiger partial charge in [0.25, 0.3) is 0 Å². The highest BCUT2D eigenvalue weighted by Crippen LogP contribution is 2.44. The molecule has 2 fully saturated rings. The molecule has 0 aromatic carbocycles. The van der Waals surface area contributed by atoms with Crippen molar-refractivity contribution < 1.29 is 12.6 Å². The van der Waals surface area contributed by atoms with Gasteiger partial charge in [-0.15, -0.1) is 0 Å². The van der Waals surface area contributed by atoms with E-state index in [1.807, 2.05) is 0 Å². The molecular weight excluding hydrogens is 342 g/mol. The molecule has 2 aliphatic rings. The van der Waals surface area contributed by atoms with E-state index in [2.05, 4.69) is 20.6 Å². The minimum atomic E-state index is -3.88. The van der Waals surface area contributed by atoms with Gasteiger partial charge in [0, 0.05) is 11.7 Å². The van der Waals surface area contributed by atoms with Gasteiger partial charge in [0.05, 0.1) is 12.0 Å². The first-order chi connectivity index (χ1) is 11.9. The van der Waals surface area contributed by atoms with Crippen LogP contribution in [0.1, 0.15) is 56.2 Å². The molecule has 8 nitrogen and oxygen atoms in total. The van der Waals surface area contributed by atoms with Gasteiger partial charge in [0.15, 0.2) is 0 Å². The maximum Gasteiger partial charge on any atom is 0.333 e. The molecule has 4 rings (SSSR count). The molecule has 2 aromatic heterocycles. The van der Waals surface area contributed by atoms with E-state index in [4.69, 9.17) is 15.1 Å². The third-order valence-corrected chi connectivity index (χ3v) is 6.03. The molecule has 136 valence electrons. The predicted molar refractivity (Wildman–Crippen MR) is 94.0 cm³/mol. The van der Waals surface area contributed by atoms with E-state index in [0.29, 0.717) is 11.7 Å². The lowest BCUT2D eigenvalue weighted by molar-refractivity contribution is 0.253. The summed E-state index contributed by atoms with van der Waals surface area (Å²) in [6.07, 6.45) is 7.86. The Bertz CT molecular complexity index is 891. The summed E-state index contributed by atoms with van der Waals surface area (Å²) in [5.74, 6) is 1.24. The van der Waals surface area contributed by atoms with Gasteiger partial charge in [-0.1, -0.05) is 6.42 Å². The van der Waals surface area contributed by atoms with Gasteiger partial charge >= 0.3 is 10.3 Å². The number of aromatic nitrogens is 3. The topological polar surface area (TPSA) is 126 Å². The van der Waals surface area contributed by atoms with Crippen LogP contribution in [0.4, 0.5) is 5.82 Å². The molecule has 0 radical (unpaired) electrons. The van der Waals surface area contributed by atoms with Crippen molar-refractivity contribution in [1.29, 1.82) is 0 Å². The molecule has 25 heavy (non-hydrogen) atoms. The van der Waals surface area contributed by atoms with Crippen LogP contribution in [-0.2, 0) is 14.5 Å². The number of nitrogens with zero attached hydrogens (tertiary/aromatic N) is 3. The number of rotatable bonds is 5. The minimum Gasteiger partial charge on any atom is -0.383 e. The van der Waals surface area contributed by atoms with E-state index in [1.54, 1.807) is 0 Å². The lowest BCUT2D eigenvalue weighted by Gasteiger charge is -2.29. The van der Waals surface area contributed by atoms with Crippen LogP contribution in [-0.4, -0.2) is 29.6 Å². The number of fused-ring (bicyclic) bond motifs is 1. The van der Waals surface area contributed by atoms with Crippen LogP contribution in [0, 0.1) is 5.92 Å². The Morgan fingerprint density at radius 2 is 2.04 bits per heavy atom. The Labute approximate surface area is 146 Å². The average molecular weight is 365 g/mol. The highest BCUT2D eigenvalue weighted by molar-refractivity contribution is 7.84. The third kappa shape index (κ3) is 3.23. The second-order valence-electron chi connectivity index (χ2n) is 7.17. The van der Waals surface area contributed by atoms with E-state index in [1.165, 1.54) is 31.3 Å². The van der Waals surface area contributed by atoms with E-state index in [9.17, 15) is 8.42 Å². The molecule has 0 saturated heterocycles. The second kappa shape index (κ2) is 6.22. The Morgan fingerprint density at radius 3 is 2.72 bits per heavy atom. The number of hydrogen-bond donors (Lipinski definition) is 2. The first kappa shape index (κ1) is 16.7. The number of nitrogen functional groups attached to an aromatic ring is 1. The van der Waals surface area contributed by atoms with Crippen LogP contribution in [0.25, 0.3) is 11.0 Å². The van der Waals surface area contributed by atoms with Gasteiger partial charge in [0.2, 0.25) is 0 Å². The van der Waals surface area contributed by atoms with Crippen LogP contribution < -0.4 is 10.9 Å². The second-order valence-corrected chi connectivity index (χ2v) is 8.39. The monoisotopic (exact) mass is 365 g/mol. The van der Waals surface area contributed by atoms with Crippen LogP contribution in [0.3, 0.4) is 0 Å². The molecule has 0 bridgehead atoms. The Morgan fingerprint density at radius 1 is 1.24 bits per heavy atom. The fourth-order valence-electron chi connectivity index (χ4n) is 4.10. The molecule has 0 aliphatic heterocycles. The Kier molecular flexibility index (Phi) is 4.17. The zero-order valence-electron chi connectivity index (χ0n) is 14.0. The SMILES string of the molecule is Nc1ncnc2c1cc(C1CCC1)n2C1CC[C@H](COS(N)(=O)=O)C1. The summed E-state index contributed by atoms with van der Waals surface area (Å²) in [6, 6.07) is 2.42. The van der Waals surface area contributed by atoms with Crippen LogP contribution in [0.15, 0.2) is 12.4 Å². The third-order valence-electron chi connectivity index (χ3n) is 5.56. The quantitative estimate of drug-likeness (QED) is 0.832. The van der Waals surface area contributed by atoms with E-state index >= 15 is 0 Å². The molecule has 9 heteroatoms. The van der Waals surface area contributed by atoms with Gasteiger partial charge < -0.3 is 10.3 Å². The maximum absolute atomic E-state index is 11.0. The van der Waals surface area contributed by atoms with Crippen molar-refractivity contribution in [2.24, 2.45) is 11.1 Å². The molecule has 1 unspecified atom stereocenters. The van der Waals surface area contributed by atoms with Gasteiger partial charge in [-0.2, -0.15) is 8.42 Å². The van der Waals surface area contributed by atoms with Gasteiger partial charge in [-0.25, -0.2) is 15.1 Å². The highest BCUT2D eigenvalue weighted by Gasteiger charge is 2.33. The molecule has 2 atom stereocenters. The van der Waals surface area contributed by atoms with Crippen LogP contribution in [0.2, 0.25) is 0 Å². The molecule has 2 aliphatic carbocycles. The van der Waals surface area contributed by atoms with Crippen molar-refractivity contribution in [3.05, 3.63) is 18.1 Å². The maximum atomic E-state index is 11.0. The van der Waals surface area contributed by atoms with Crippen LogP contribution >= 0.6 is 0 Å². The summed E-state index contributed by atoms with van der Waals surface area (Å²) < 4.78 is 29.1. The van der Waals surface area contributed by atoms with Crippen LogP contribution in [0.5, 0.6) is 0 Å². The first-order valence-electron chi connectivity index (χ1n) is 8.71. The lowest BCUT2D eigenvalue weighted by atomic mass is 9.82. The van der Waals surface area contributed by atoms with Gasteiger partial charge in [-0.3, -0.25) is 4.18 Å². The van der Waals surface area contributed by atoms with E-state index < -0.39 is 10.3 Å². The molecule has 2 saturated carbocycles. The summed E-state index contributed by atoms with van der Waals surface area (Å²) in [6.45, 7) is 0.143. The summed E-state index contributed by atoms with van der Waals surface area (Å²) in [7, 11) is -3.88. The largest absolute Gasteiger partial charge is 0.383 e. The van der Waals surface area contributed by atoms with Crippen molar-refractivity contribution in [2.45, 2.75) is 50.5 Å². The summed E-state index contributed by atoms with van der Waals surface area (Å²) in [4.78, 5) is 8.60. The molecule has 2 aromatic rings. The standard InChI is InChI=1S/C16H23N5O3S/c17-15-13-7-14(11-2-1-3-11)21(16(13)20-9-19-15)12-5-4-10(6-12)8-24-25(18,22)23/h7,9-12H,1-6,8H2,(H2,17,19,20)(H2,18,22,23)/t10-,12?/m0/s1. The zero-order valence-corrected chi connectivity index (χ0v) is 14.8. The normalized spacial score (nSPS) is 24.7. The fraction of sp³-hybridized carbons (Fsp3) is 0.625. The Balaban J connectivity index is 1.63. The lowest BCUT2D eigenvalue weighted by Crippen LogP contribution is -2.20. The van der Waals surface area contributed by atoms with Crippen molar-refractivity contribution >= 4 is 27.2 Å². The summed E-state index contributed by atoms with van der Waals surface area (Å²) >= 11 is 0. The van der Waals surface area contributed by atoms with Crippen molar-refractivity contribution in [3.63, 3.8) is 0 Å². The number of hydrogen-bond acceptors (Lipinski definition) is 6. The summed E-state index contributed by atoms with van der Waals surface area (Å²) in [5.41, 5.74) is 8.22. The Hall–Kier alpha value is -1.71. The van der Waals surface area contributed by atoms with Gasteiger partial charge in [-0.05, 0) is 50.0 Å².